The van der Waals surface area contributed by atoms with Crippen LogP contribution in [0.2, 0.25) is 0 Å². The second-order valence-corrected chi connectivity index (χ2v) is 4.25. The van der Waals surface area contributed by atoms with Gasteiger partial charge in [0.15, 0.2) is 0 Å². The highest BCUT2D eigenvalue weighted by molar-refractivity contribution is 7.14. The highest BCUT2D eigenvalue weighted by atomic mass is 32.1. The van der Waals surface area contributed by atoms with Crippen LogP contribution in [-0.4, -0.2) is 11.1 Å². The Morgan fingerprint density at radius 2 is 2.06 bits per heavy atom. The monoisotopic (exact) mass is 257 g/mol. The molecule has 0 amide bonds. The van der Waals surface area contributed by atoms with Gasteiger partial charge in [-0.05, 0) is 29.1 Å². The topological polar surface area (TPSA) is 79.3 Å². The molecule has 6 heteroatoms. The van der Waals surface area contributed by atoms with E-state index in [0.717, 1.165) is 5.56 Å². The van der Waals surface area contributed by atoms with Gasteiger partial charge in [0.2, 0.25) is 0 Å². The Bertz CT molecular complexity index is 638. The van der Waals surface area contributed by atoms with E-state index in [0.29, 0.717) is 10.6 Å². The molecule has 0 unspecified atom stereocenters. The highest BCUT2D eigenvalue weighted by Crippen LogP contribution is 2.25. The van der Waals surface area contributed by atoms with E-state index in [1.807, 2.05) is 6.07 Å². The van der Waals surface area contributed by atoms with Crippen LogP contribution in [0.4, 0.5) is 10.7 Å². The molecule has 0 spiro atoms. The van der Waals surface area contributed by atoms with Crippen LogP contribution >= 0.6 is 11.3 Å². The molecular weight excluding hydrogens is 250 g/mol. The van der Waals surface area contributed by atoms with Crippen molar-refractivity contribution in [1.29, 1.82) is 5.26 Å². The van der Waals surface area contributed by atoms with E-state index in [4.69, 9.17) is 5.26 Å². The molecule has 0 saturated heterocycles. The number of thiophene rings is 1. The minimum atomic E-state index is -0.450. The third-order valence-corrected chi connectivity index (χ3v) is 3.02. The number of nitriles is 1. The Hall–Kier alpha value is -2.52. The van der Waals surface area contributed by atoms with Crippen molar-refractivity contribution in [3.63, 3.8) is 0 Å². The van der Waals surface area contributed by atoms with Gasteiger partial charge in [-0.1, -0.05) is 0 Å². The average Bonchev–Trinajstić information content (AvgIpc) is 2.84. The molecule has 0 saturated carbocycles. The van der Waals surface area contributed by atoms with E-state index in [-0.39, 0.29) is 5.69 Å². The molecule has 1 aromatic heterocycles. The minimum Gasteiger partial charge on any atom is -0.258 e. The summed E-state index contributed by atoms with van der Waals surface area (Å²) in [6.45, 7) is 0. The van der Waals surface area contributed by atoms with Crippen molar-refractivity contribution in [2.24, 2.45) is 4.99 Å². The number of rotatable bonds is 3. The molecule has 5 nitrogen and oxygen atoms in total. The van der Waals surface area contributed by atoms with Gasteiger partial charge in [0.1, 0.15) is 11.1 Å². The van der Waals surface area contributed by atoms with Crippen molar-refractivity contribution < 1.29 is 4.92 Å². The van der Waals surface area contributed by atoms with Gasteiger partial charge in [0.05, 0.1) is 10.5 Å². The third-order valence-electron chi connectivity index (χ3n) is 2.20. The molecule has 2 aromatic rings. The van der Waals surface area contributed by atoms with E-state index in [2.05, 4.69) is 4.99 Å². The SMILES string of the molecule is N#Cc1ccsc1N=Cc1ccc([N+](=O)[O-])cc1. The molecule has 0 N–H and O–H groups in total. The van der Waals surface area contributed by atoms with Gasteiger partial charge in [-0.3, -0.25) is 10.1 Å². The Balaban J connectivity index is 2.19. The van der Waals surface area contributed by atoms with Crippen molar-refractivity contribution >= 4 is 28.2 Å². The predicted octanol–water partition coefficient (Wildman–Crippen LogP) is 3.28. The maximum Gasteiger partial charge on any atom is 0.269 e. The standard InChI is InChI=1S/C12H7N3O2S/c13-7-10-5-6-18-12(10)14-8-9-1-3-11(4-2-9)15(16)17/h1-6,8H. The third kappa shape index (κ3) is 2.59. The lowest BCUT2D eigenvalue weighted by Crippen LogP contribution is -1.88. The molecule has 0 bridgehead atoms. The van der Waals surface area contributed by atoms with Crippen molar-refractivity contribution in [2.45, 2.75) is 0 Å². The van der Waals surface area contributed by atoms with Gasteiger partial charge in [-0.2, -0.15) is 5.26 Å². The molecule has 1 aromatic carbocycles. The lowest BCUT2D eigenvalue weighted by Gasteiger charge is -1.93. The fraction of sp³-hybridized carbons (Fsp3) is 0. The number of hydrogen-bond donors (Lipinski definition) is 0. The van der Waals surface area contributed by atoms with Crippen LogP contribution in [0.15, 0.2) is 40.7 Å². The summed E-state index contributed by atoms with van der Waals surface area (Å²) < 4.78 is 0. The summed E-state index contributed by atoms with van der Waals surface area (Å²) in [5, 5.41) is 21.7. The molecule has 18 heavy (non-hydrogen) atoms. The molecule has 2 rings (SSSR count). The zero-order valence-electron chi connectivity index (χ0n) is 9.11. The summed E-state index contributed by atoms with van der Waals surface area (Å²) >= 11 is 1.37. The highest BCUT2D eigenvalue weighted by Gasteiger charge is 2.03. The number of nitrogens with zero attached hydrogens (tertiary/aromatic N) is 3. The van der Waals surface area contributed by atoms with Crippen LogP contribution in [-0.2, 0) is 0 Å². The van der Waals surface area contributed by atoms with Gasteiger partial charge in [0, 0.05) is 18.3 Å². The van der Waals surface area contributed by atoms with Gasteiger partial charge in [-0.25, -0.2) is 4.99 Å². The maximum absolute atomic E-state index is 10.5. The summed E-state index contributed by atoms with van der Waals surface area (Å²) in [4.78, 5) is 14.2. The average molecular weight is 257 g/mol. The second kappa shape index (κ2) is 5.21. The Morgan fingerprint density at radius 3 is 2.67 bits per heavy atom. The number of nitro benzene ring substituents is 1. The van der Waals surface area contributed by atoms with Gasteiger partial charge < -0.3 is 0 Å². The Morgan fingerprint density at radius 1 is 1.33 bits per heavy atom. The lowest BCUT2D eigenvalue weighted by atomic mass is 10.2. The molecule has 0 aliphatic carbocycles. The molecule has 0 radical (unpaired) electrons. The van der Waals surface area contributed by atoms with Gasteiger partial charge in [0.25, 0.3) is 5.69 Å². The van der Waals surface area contributed by atoms with Crippen molar-refractivity contribution in [3.05, 3.63) is 57.0 Å². The van der Waals surface area contributed by atoms with Crippen LogP contribution in [0.1, 0.15) is 11.1 Å². The predicted molar refractivity (Wildman–Crippen MR) is 69.4 cm³/mol. The number of aliphatic imine (C=N–C) groups is 1. The fourth-order valence-corrected chi connectivity index (χ4v) is 1.99. The van der Waals surface area contributed by atoms with E-state index in [9.17, 15) is 10.1 Å². The number of non-ortho nitro benzene ring substituents is 1. The van der Waals surface area contributed by atoms with Gasteiger partial charge in [-0.15, -0.1) is 11.3 Å². The Kier molecular flexibility index (Phi) is 3.46. The normalized spacial score (nSPS) is 10.4. The van der Waals surface area contributed by atoms with Crippen LogP contribution < -0.4 is 0 Å². The summed E-state index contributed by atoms with van der Waals surface area (Å²) in [6, 6.07) is 9.80. The molecular formula is C12H7N3O2S. The first-order chi connectivity index (χ1) is 8.70. The van der Waals surface area contributed by atoms with Crippen LogP contribution in [0, 0.1) is 21.4 Å². The number of nitro groups is 1. The van der Waals surface area contributed by atoms with E-state index in [1.54, 1.807) is 29.8 Å². The smallest absolute Gasteiger partial charge is 0.258 e. The molecule has 0 aliphatic heterocycles. The molecule has 0 fully saturated rings. The van der Waals surface area contributed by atoms with Crippen LogP contribution in [0.3, 0.4) is 0 Å². The summed E-state index contributed by atoms with van der Waals surface area (Å²) in [5.74, 6) is 0. The first kappa shape index (κ1) is 12.0. The van der Waals surface area contributed by atoms with Gasteiger partial charge >= 0.3 is 0 Å². The maximum atomic E-state index is 10.5. The quantitative estimate of drug-likeness (QED) is 0.480. The lowest BCUT2D eigenvalue weighted by molar-refractivity contribution is -0.384. The zero-order valence-corrected chi connectivity index (χ0v) is 9.92. The van der Waals surface area contributed by atoms with E-state index >= 15 is 0 Å². The molecule has 0 atom stereocenters. The van der Waals surface area contributed by atoms with Crippen LogP contribution in [0.5, 0.6) is 0 Å². The zero-order chi connectivity index (χ0) is 13.0. The van der Waals surface area contributed by atoms with Crippen molar-refractivity contribution in [1.82, 2.24) is 0 Å². The fourth-order valence-electron chi connectivity index (χ4n) is 1.30. The van der Waals surface area contributed by atoms with E-state index < -0.39 is 4.92 Å². The summed E-state index contributed by atoms with van der Waals surface area (Å²) in [6.07, 6.45) is 1.58. The summed E-state index contributed by atoms with van der Waals surface area (Å²) in [7, 11) is 0. The second-order valence-electron chi connectivity index (χ2n) is 3.36. The minimum absolute atomic E-state index is 0.0426. The first-order valence-corrected chi connectivity index (χ1v) is 5.85. The largest absolute Gasteiger partial charge is 0.269 e. The number of benzene rings is 1. The van der Waals surface area contributed by atoms with Crippen molar-refractivity contribution in [3.8, 4) is 6.07 Å². The van der Waals surface area contributed by atoms with Crippen molar-refractivity contribution in [2.75, 3.05) is 0 Å². The number of hydrogen-bond acceptors (Lipinski definition) is 5. The molecule has 0 aliphatic rings. The Labute approximate surface area is 107 Å². The van der Waals surface area contributed by atoms with E-state index in [1.165, 1.54) is 23.5 Å². The summed E-state index contributed by atoms with van der Waals surface area (Å²) in [5.41, 5.74) is 1.32. The first-order valence-electron chi connectivity index (χ1n) is 4.97. The molecule has 88 valence electrons. The van der Waals surface area contributed by atoms with Crippen LogP contribution in [0.25, 0.3) is 0 Å². The molecule has 1 heterocycles.